The number of rotatable bonds is 4. The Morgan fingerprint density at radius 1 is 1.26 bits per heavy atom. The van der Waals surface area contributed by atoms with E-state index in [2.05, 4.69) is 66.5 Å². The molecule has 0 amide bonds. The predicted molar refractivity (Wildman–Crippen MR) is 85.2 cm³/mol. The van der Waals surface area contributed by atoms with Crippen molar-refractivity contribution < 1.29 is 5.32 Å². The topological polar surface area (TPSA) is 16.6 Å². The standard InChI is InChI=1S/C17H22BrN/c1-11(2)8-13-10-15-14(6-5-7-16(15)18)17(19-13)9-12(3)4/h5-7,13,17,19H,1,3,8-10H2,2,4H3/p+1/t13-,17+/m0/s1. The zero-order valence-electron chi connectivity index (χ0n) is 11.9. The first kappa shape index (κ1) is 14.5. The van der Waals surface area contributed by atoms with Crippen molar-refractivity contribution in [3.8, 4) is 0 Å². The smallest absolute Gasteiger partial charge is 0.116 e. The molecule has 2 rings (SSSR count). The lowest BCUT2D eigenvalue weighted by Crippen LogP contribution is -2.92. The molecule has 0 fully saturated rings. The van der Waals surface area contributed by atoms with Crippen LogP contribution in [0, 0.1) is 0 Å². The molecular formula is C17H23BrN+. The molecule has 1 heterocycles. The molecule has 0 aliphatic carbocycles. The molecule has 0 spiro atoms. The second-order valence-electron chi connectivity index (χ2n) is 5.89. The van der Waals surface area contributed by atoms with Gasteiger partial charge in [0.2, 0.25) is 0 Å². The minimum atomic E-state index is 0.503. The number of benzene rings is 1. The van der Waals surface area contributed by atoms with Gasteiger partial charge >= 0.3 is 0 Å². The molecule has 0 bridgehead atoms. The van der Waals surface area contributed by atoms with Crippen molar-refractivity contribution in [2.75, 3.05) is 0 Å². The molecular weight excluding hydrogens is 298 g/mol. The maximum Gasteiger partial charge on any atom is 0.116 e. The van der Waals surface area contributed by atoms with Crippen LogP contribution >= 0.6 is 15.9 Å². The largest absolute Gasteiger partial charge is 0.337 e. The van der Waals surface area contributed by atoms with Gasteiger partial charge in [-0.1, -0.05) is 52.4 Å². The molecule has 1 aliphatic rings. The lowest BCUT2D eigenvalue weighted by molar-refractivity contribution is -0.730. The first-order chi connectivity index (χ1) is 8.97. The molecule has 1 aromatic rings. The molecule has 0 saturated heterocycles. The fraction of sp³-hybridized carbons (Fsp3) is 0.412. The van der Waals surface area contributed by atoms with Crippen LogP contribution in [0.5, 0.6) is 0 Å². The van der Waals surface area contributed by atoms with Gasteiger partial charge in [-0.05, 0) is 25.5 Å². The van der Waals surface area contributed by atoms with Crippen LogP contribution in [0.3, 0.4) is 0 Å². The Hall–Kier alpha value is -0.860. The maximum absolute atomic E-state index is 4.08. The highest BCUT2D eigenvalue weighted by molar-refractivity contribution is 9.10. The third kappa shape index (κ3) is 3.58. The molecule has 0 saturated carbocycles. The predicted octanol–water partition coefficient (Wildman–Crippen LogP) is 3.91. The molecule has 102 valence electrons. The quantitative estimate of drug-likeness (QED) is 0.810. The molecule has 19 heavy (non-hydrogen) atoms. The van der Waals surface area contributed by atoms with Crippen LogP contribution in [0.25, 0.3) is 0 Å². The van der Waals surface area contributed by atoms with E-state index in [1.165, 1.54) is 26.7 Å². The summed E-state index contributed by atoms with van der Waals surface area (Å²) in [5.74, 6) is 0. The molecule has 0 radical (unpaired) electrons. The molecule has 0 aromatic heterocycles. The van der Waals surface area contributed by atoms with Crippen molar-refractivity contribution in [1.29, 1.82) is 0 Å². The van der Waals surface area contributed by atoms with Crippen LogP contribution in [0.1, 0.15) is 43.9 Å². The SMILES string of the molecule is C=C(C)C[C@H]1Cc2c(Br)cccc2[C@@H](CC(=C)C)[NH2+]1. The van der Waals surface area contributed by atoms with E-state index in [0.29, 0.717) is 12.1 Å². The molecule has 2 atom stereocenters. The number of halogens is 1. The van der Waals surface area contributed by atoms with E-state index in [-0.39, 0.29) is 0 Å². The Balaban J connectivity index is 2.31. The fourth-order valence-electron chi connectivity index (χ4n) is 3.04. The summed E-state index contributed by atoms with van der Waals surface area (Å²) in [4.78, 5) is 0. The Kier molecular flexibility index (Phi) is 4.64. The van der Waals surface area contributed by atoms with E-state index in [9.17, 15) is 0 Å². The van der Waals surface area contributed by atoms with Gasteiger partial charge in [-0.15, -0.1) is 0 Å². The van der Waals surface area contributed by atoms with Crippen LogP contribution in [-0.4, -0.2) is 6.04 Å². The summed E-state index contributed by atoms with van der Waals surface area (Å²) in [6, 6.07) is 7.67. The normalized spacial score (nSPS) is 21.8. The first-order valence-corrected chi connectivity index (χ1v) is 7.67. The highest BCUT2D eigenvalue weighted by Gasteiger charge is 2.30. The summed E-state index contributed by atoms with van der Waals surface area (Å²) in [5.41, 5.74) is 5.46. The summed E-state index contributed by atoms with van der Waals surface area (Å²) >= 11 is 3.71. The van der Waals surface area contributed by atoms with Gasteiger partial charge in [0.1, 0.15) is 6.04 Å². The zero-order valence-corrected chi connectivity index (χ0v) is 13.5. The second-order valence-corrected chi connectivity index (χ2v) is 6.75. The van der Waals surface area contributed by atoms with Crippen molar-refractivity contribution in [3.05, 3.63) is 58.1 Å². The third-order valence-corrected chi connectivity index (χ3v) is 4.45. The minimum absolute atomic E-state index is 0.503. The van der Waals surface area contributed by atoms with E-state index >= 15 is 0 Å². The number of quaternary nitrogens is 1. The zero-order chi connectivity index (χ0) is 14.0. The van der Waals surface area contributed by atoms with Crippen molar-refractivity contribution in [2.45, 2.75) is 45.2 Å². The van der Waals surface area contributed by atoms with Gasteiger partial charge < -0.3 is 5.32 Å². The van der Waals surface area contributed by atoms with Crippen LogP contribution in [-0.2, 0) is 6.42 Å². The number of hydrogen-bond donors (Lipinski definition) is 1. The van der Waals surface area contributed by atoms with Gasteiger partial charge in [-0.3, -0.25) is 0 Å². The highest BCUT2D eigenvalue weighted by Crippen LogP contribution is 2.31. The average Bonchev–Trinajstić information content (AvgIpc) is 2.29. The van der Waals surface area contributed by atoms with Gasteiger partial charge in [0.25, 0.3) is 0 Å². The molecule has 0 unspecified atom stereocenters. The van der Waals surface area contributed by atoms with E-state index in [1.807, 2.05) is 0 Å². The van der Waals surface area contributed by atoms with E-state index in [0.717, 1.165) is 19.3 Å². The van der Waals surface area contributed by atoms with Gasteiger partial charge in [-0.25, -0.2) is 0 Å². The number of fused-ring (bicyclic) bond motifs is 1. The maximum atomic E-state index is 4.08. The monoisotopic (exact) mass is 320 g/mol. The van der Waals surface area contributed by atoms with Gasteiger partial charge in [0.15, 0.2) is 0 Å². The van der Waals surface area contributed by atoms with Crippen molar-refractivity contribution in [3.63, 3.8) is 0 Å². The van der Waals surface area contributed by atoms with Crippen LogP contribution in [0.4, 0.5) is 0 Å². The Labute approximate surface area is 124 Å². The fourth-order valence-corrected chi connectivity index (χ4v) is 3.59. The van der Waals surface area contributed by atoms with Gasteiger partial charge in [0.05, 0.1) is 6.04 Å². The van der Waals surface area contributed by atoms with E-state index in [1.54, 1.807) is 0 Å². The summed E-state index contributed by atoms with van der Waals surface area (Å²) in [5, 5.41) is 2.51. The first-order valence-electron chi connectivity index (χ1n) is 6.88. The van der Waals surface area contributed by atoms with Crippen molar-refractivity contribution in [1.82, 2.24) is 0 Å². The molecule has 1 aliphatic heterocycles. The Bertz CT molecular complexity index is 504. The highest BCUT2D eigenvalue weighted by atomic mass is 79.9. The Morgan fingerprint density at radius 2 is 1.95 bits per heavy atom. The molecule has 2 heteroatoms. The number of hydrogen-bond acceptors (Lipinski definition) is 0. The molecule has 1 aromatic carbocycles. The van der Waals surface area contributed by atoms with Gasteiger partial charge in [-0.2, -0.15) is 0 Å². The van der Waals surface area contributed by atoms with E-state index in [4.69, 9.17) is 0 Å². The number of nitrogens with two attached hydrogens (primary N) is 1. The summed E-state index contributed by atoms with van der Waals surface area (Å²) < 4.78 is 1.25. The lowest BCUT2D eigenvalue weighted by Gasteiger charge is -2.31. The second kappa shape index (κ2) is 6.06. The van der Waals surface area contributed by atoms with E-state index < -0.39 is 0 Å². The molecule has 2 N–H and O–H groups in total. The van der Waals surface area contributed by atoms with Crippen LogP contribution in [0.15, 0.2) is 47.0 Å². The third-order valence-electron chi connectivity index (χ3n) is 3.70. The summed E-state index contributed by atoms with van der Waals surface area (Å²) in [6.45, 7) is 12.4. The average molecular weight is 321 g/mol. The lowest BCUT2D eigenvalue weighted by atomic mass is 9.86. The summed E-state index contributed by atoms with van der Waals surface area (Å²) in [6.07, 6.45) is 3.26. The van der Waals surface area contributed by atoms with Crippen LogP contribution < -0.4 is 5.32 Å². The van der Waals surface area contributed by atoms with Crippen molar-refractivity contribution >= 4 is 15.9 Å². The molecule has 1 nitrogen and oxygen atoms in total. The Morgan fingerprint density at radius 3 is 2.58 bits per heavy atom. The van der Waals surface area contributed by atoms with Crippen molar-refractivity contribution in [2.24, 2.45) is 0 Å². The van der Waals surface area contributed by atoms with Gasteiger partial charge in [0, 0.05) is 29.3 Å². The summed E-state index contributed by atoms with van der Waals surface area (Å²) in [7, 11) is 0. The van der Waals surface area contributed by atoms with Crippen LogP contribution in [0.2, 0.25) is 0 Å². The minimum Gasteiger partial charge on any atom is -0.337 e.